The third-order valence-corrected chi connectivity index (χ3v) is 4.92. The summed E-state index contributed by atoms with van der Waals surface area (Å²) in [6.07, 6.45) is 1.70. The van der Waals surface area contributed by atoms with Crippen LogP contribution in [0, 0.1) is 5.92 Å². The van der Waals surface area contributed by atoms with E-state index in [1.807, 2.05) is 18.4 Å². The van der Waals surface area contributed by atoms with Crippen molar-refractivity contribution in [1.29, 1.82) is 0 Å². The third kappa shape index (κ3) is 3.03. The number of hydrogen-bond acceptors (Lipinski definition) is 3. The molecule has 0 radical (unpaired) electrons. The van der Waals surface area contributed by atoms with E-state index in [4.69, 9.17) is 0 Å². The molecule has 2 heterocycles. The molecule has 1 N–H and O–H groups in total. The number of rotatable bonds is 5. The Morgan fingerprint density at radius 2 is 2.20 bits per heavy atom. The number of nitrogens with zero attached hydrogens (tertiary/aromatic N) is 1. The molecular formula is C15H22N2O2S. The van der Waals surface area contributed by atoms with Crippen molar-refractivity contribution in [2.24, 2.45) is 5.92 Å². The highest BCUT2D eigenvalue weighted by atomic mass is 32.1. The fraction of sp³-hybridized carbons (Fsp3) is 0.600. The number of thiophene rings is 1. The van der Waals surface area contributed by atoms with E-state index < -0.39 is 6.04 Å². The summed E-state index contributed by atoms with van der Waals surface area (Å²) >= 11 is 1.69. The Morgan fingerprint density at radius 1 is 1.45 bits per heavy atom. The van der Waals surface area contributed by atoms with Gasteiger partial charge >= 0.3 is 0 Å². The van der Waals surface area contributed by atoms with E-state index in [0.717, 1.165) is 12.8 Å². The number of piperazine rings is 1. The summed E-state index contributed by atoms with van der Waals surface area (Å²) in [7, 11) is 0. The van der Waals surface area contributed by atoms with Crippen molar-refractivity contribution in [2.75, 3.05) is 6.54 Å². The van der Waals surface area contributed by atoms with Crippen LogP contribution in [0.1, 0.15) is 32.1 Å². The molecule has 3 atom stereocenters. The summed E-state index contributed by atoms with van der Waals surface area (Å²) in [5.74, 6) is 0.193. The number of amides is 2. The Labute approximate surface area is 124 Å². The smallest absolute Gasteiger partial charge is 0.245 e. The van der Waals surface area contributed by atoms with Crippen LogP contribution in [0.25, 0.3) is 0 Å². The summed E-state index contributed by atoms with van der Waals surface area (Å²) in [5, 5.41) is 4.83. The standard InChI is InChI=1S/C15H22N2O2S/c1-4-10(2)13-14(18)16-11(3)15(19)17(13)8-7-12-6-5-9-20-12/h5-6,9-11,13H,4,7-8H2,1-3H3,(H,16,18). The summed E-state index contributed by atoms with van der Waals surface area (Å²) in [4.78, 5) is 27.6. The zero-order chi connectivity index (χ0) is 14.7. The van der Waals surface area contributed by atoms with Gasteiger partial charge in [0.2, 0.25) is 11.8 Å². The van der Waals surface area contributed by atoms with Crippen molar-refractivity contribution in [2.45, 2.75) is 45.7 Å². The number of carbonyl (C=O) groups is 2. The van der Waals surface area contributed by atoms with Gasteiger partial charge in [-0.15, -0.1) is 11.3 Å². The lowest BCUT2D eigenvalue weighted by atomic mass is 9.93. The first-order valence-electron chi connectivity index (χ1n) is 7.17. The lowest BCUT2D eigenvalue weighted by molar-refractivity contribution is -0.150. The molecular weight excluding hydrogens is 272 g/mol. The van der Waals surface area contributed by atoms with E-state index in [9.17, 15) is 9.59 Å². The first-order chi connectivity index (χ1) is 9.54. The molecule has 3 unspecified atom stereocenters. The minimum atomic E-state index is -0.411. The van der Waals surface area contributed by atoms with Gasteiger partial charge < -0.3 is 10.2 Å². The molecule has 0 aliphatic carbocycles. The molecule has 0 saturated carbocycles. The van der Waals surface area contributed by atoms with E-state index >= 15 is 0 Å². The number of nitrogens with one attached hydrogen (secondary N) is 1. The molecule has 1 aliphatic rings. The van der Waals surface area contributed by atoms with Crippen LogP contribution in [0.4, 0.5) is 0 Å². The molecule has 0 bridgehead atoms. The van der Waals surface area contributed by atoms with Crippen LogP contribution in [0.3, 0.4) is 0 Å². The molecule has 0 aromatic carbocycles. The summed E-state index contributed by atoms with van der Waals surface area (Å²) in [6, 6.07) is 3.34. The van der Waals surface area contributed by atoms with Crippen LogP contribution in [-0.2, 0) is 16.0 Å². The highest BCUT2D eigenvalue weighted by Crippen LogP contribution is 2.21. The van der Waals surface area contributed by atoms with Crippen LogP contribution in [0.2, 0.25) is 0 Å². The van der Waals surface area contributed by atoms with Crippen LogP contribution >= 0.6 is 11.3 Å². The van der Waals surface area contributed by atoms with Crippen LogP contribution in [0.15, 0.2) is 17.5 Å². The molecule has 4 nitrogen and oxygen atoms in total. The van der Waals surface area contributed by atoms with Gasteiger partial charge in [-0.3, -0.25) is 9.59 Å². The minimum absolute atomic E-state index is 0.0161. The largest absolute Gasteiger partial charge is 0.343 e. The summed E-state index contributed by atoms with van der Waals surface area (Å²) < 4.78 is 0. The summed E-state index contributed by atoms with van der Waals surface area (Å²) in [5.41, 5.74) is 0. The van der Waals surface area contributed by atoms with Gasteiger partial charge in [0.05, 0.1) is 0 Å². The summed E-state index contributed by atoms with van der Waals surface area (Å²) in [6.45, 7) is 6.46. The third-order valence-electron chi connectivity index (χ3n) is 3.98. The lowest BCUT2D eigenvalue weighted by Gasteiger charge is -2.40. The second kappa shape index (κ2) is 6.39. The van der Waals surface area contributed by atoms with Gasteiger partial charge in [-0.1, -0.05) is 26.3 Å². The Hall–Kier alpha value is -1.36. The van der Waals surface area contributed by atoms with E-state index in [2.05, 4.69) is 18.3 Å². The SMILES string of the molecule is CCC(C)C1C(=O)NC(C)C(=O)N1CCc1cccs1. The monoisotopic (exact) mass is 294 g/mol. The maximum Gasteiger partial charge on any atom is 0.245 e. The average Bonchev–Trinajstić information content (AvgIpc) is 2.93. The van der Waals surface area contributed by atoms with Crippen molar-refractivity contribution in [3.63, 3.8) is 0 Å². The lowest BCUT2D eigenvalue weighted by Crippen LogP contribution is -2.64. The Balaban J connectivity index is 2.13. The molecule has 1 aromatic heterocycles. The quantitative estimate of drug-likeness (QED) is 0.903. The second-order valence-electron chi connectivity index (χ2n) is 5.42. The highest BCUT2D eigenvalue weighted by Gasteiger charge is 2.40. The molecule has 0 spiro atoms. The molecule has 1 aromatic rings. The van der Waals surface area contributed by atoms with Gasteiger partial charge in [0.15, 0.2) is 0 Å². The maximum atomic E-state index is 12.4. The molecule has 2 amide bonds. The van der Waals surface area contributed by atoms with Crippen molar-refractivity contribution in [3.05, 3.63) is 22.4 Å². The molecule has 20 heavy (non-hydrogen) atoms. The average molecular weight is 294 g/mol. The van der Waals surface area contributed by atoms with Crippen LogP contribution < -0.4 is 5.32 Å². The van der Waals surface area contributed by atoms with Gasteiger partial charge in [-0.25, -0.2) is 0 Å². The van der Waals surface area contributed by atoms with Gasteiger partial charge in [-0.05, 0) is 30.7 Å². The molecule has 1 fully saturated rings. The van der Waals surface area contributed by atoms with Gasteiger partial charge in [0.25, 0.3) is 0 Å². The number of carbonyl (C=O) groups excluding carboxylic acids is 2. The van der Waals surface area contributed by atoms with E-state index in [1.54, 1.807) is 23.2 Å². The van der Waals surface area contributed by atoms with Crippen molar-refractivity contribution < 1.29 is 9.59 Å². The zero-order valence-corrected chi connectivity index (χ0v) is 13.1. The Bertz CT molecular complexity index is 472. The second-order valence-corrected chi connectivity index (χ2v) is 6.45. The fourth-order valence-electron chi connectivity index (χ4n) is 2.61. The van der Waals surface area contributed by atoms with Gasteiger partial charge in [-0.2, -0.15) is 0 Å². The van der Waals surface area contributed by atoms with E-state index in [1.165, 1.54) is 4.88 Å². The van der Waals surface area contributed by atoms with E-state index in [-0.39, 0.29) is 23.8 Å². The van der Waals surface area contributed by atoms with Crippen LogP contribution in [-0.4, -0.2) is 35.3 Å². The highest BCUT2D eigenvalue weighted by molar-refractivity contribution is 7.09. The zero-order valence-electron chi connectivity index (χ0n) is 12.3. The predicted molar refractivity (Wildman–Crippen MR) is 80.6 cm³/mol. The van der Waals surface area contributed by atoms with E-state index in [0.29, 0.717) is 6.54 Å². The predicted octanol–water partition coefficient (Wildman–Crippen LogP) is 2.05. The molecule has 1 saturated heterocycles. The maximum absolute atomic E-state index is 12.4. The first-order valence-corrected chi connectivity index (χ1v) is 8.05. The normalized spacial score (nSPS) is 24.6. The molecule has 110 valence electrons. The Kier molecular flexibility index (Phi) is 4.81. The van der Waals surface area contributed by atoms with Crippen molar-refractivity contribution in [3.8, 4) is 0 Å². The van der Waals surface area contributed by atoms with Gasteiger partial charge in [0, 0.05) is 11.4 Å². The molecule has 2 rings (SSSR count). The van der Waals surface area contributed by atoms with Crippen LogP contribution in [0.5, 0.6) is 0 Å². The Morgan fingerprint density at radius 3 is 2.80 bits per heavy atom. The van der Waals surface area contributed by atoms with Crippen molar-refractivity contribution in [1.82, 2.24) is 10.2 Å². The minimum Gasteiger partial charge on any atom is -0.343 e. The molecule has 1 aliphatic heterocycles. The van der Waals surface area contributed by atoms with Gasteiger partial charge in [0.1, 0.15) is 12.1 Å². The first kappa shape index (κ1) is 15.0. The molecule has 5 heteroatoms. The van der Waals surface area contributed by atoms with Crippen molar-refractivity contribution >= 4 is 23.2 Å². The number of hydrogen-bond donors (Lipinski definition) is 1. The fourth-order valence-corrected chi connectivity index (χ4v) is 3.31. The topological polar surface area (TPSA) is 49.4 Å².